The van der Waals surface area contributed by atoms with Crippen LogP contribution in [0.15, 0.2) is 23.8 Å². The van der Waals surface area contributed by atoms with Gasteiger partial charge in [0.15, 0.2) is 0 Å². The Hall–Kier alpha value is -0.560. The predicted octanol–water partition coefficient (Wildman–Crippen LogP) is 3.06. The van der Waals surface area contributed by atoms with Gasteiger partial charge in [-0.3, -0.25) is 0 Å². The van der Waals surface area contributed by atoms with Crippen molar-refractivity contribution in [2.75, 3.05) is 0 Å². The van der Waals surface area contributed by atoms with E-state index in [1.54, 1.807) is 6.08 Å². The van der Waals surface area contributed by atoms with Crippen molar-refractivity contribution in [1.29, 1.82) is 0 Å². The maximum absolute atomic E-state index is 9.81. The van der Waals surface area contributed by atoms with Gasteiger partial charge in [-0.05, 0) is 37.2 Å². The van der Waals surface area contributed by atoms with E-state index in [4.69, 9.17) is 0 Å². The lowest BCUT2D eigenvalue weighted by atomic mass is 9.71. The molecule has 0 spiro atoms. The first-order valence-electron chi connectivity index (χ1n) is 5.00. The summed E-state index contributed by atoms with van der Waals surface area (Å²) in [4.78, 5) is 0. The predicted molar refractivity (Wildman–Crippen MR) is 56.5 cm³/mol. The standard InChI is InChI=1S/C12H20O/c1-5-10(13)11-9(2)7-6-8-12(11,3)4/h5,10,13H,1,6-8H2,2-4H3. The second-order valence-electron chi connectivity index (χ2n) is 4.61. The summed E-state index contributed by atoms with van der Waals surface area (Å²) in [6.07, 6.45) is 4.72. The summed E-state index contributed by atoms with van der Waals surface area (Å²) in [7, 11) is 0. The van der Waals surface area contributed by atoms with Crippen molar-refractivity contribution >= 4 is 0 Å². The van der Waals surface area contributed by atoms with E-state index in [0.29, 0.717) is 0 Å². The molecule has 0 aromatic rings. The van der Waals surface area contributed by atoms with Crippen molar-refractivity contribution in [3.8, 4) is 0 Å². The van der Waals surface area contributed by atoms with Crippen molar-refractivity contribution in [2.24, 2.45) is 5.41 Å². The second-order valence-corrected chi connectivity index (χ2v) is 4.61. The third-order valence-corrected chi connectivity index (χ3v) is 3.06. The Morgan fingerprint density at radius 3 is 2.62 bits per heavy atom. The van der Waals surface area contributed by atoms with E-state index in [1.807, 2.05) is 0 Å². The summed E-state index contributed by atoms with van der Waals surface area (Å²) < 4.78 is 0. The summed E-state index contributed by atoms with van der Waals surface area (Å²) >= 11 is 0. The summed E-state index contributed by atoms with van der Waals surface area (Å²) in [5.74, 6) is 0. The third kappa shape index (κ3) is 2.02. The Labute approximate surface area is 81.2 Å². The minimum Gasteiger partial charge on any atom is -0.385 e. The first-order valence-corrected chi connectivity index (χ1v) is 5.00. The molecular formula is C12H20O. The summed E-state index contributed by atoms with van der Waals surface area (Å²) in [6, 6.07) is 0. The van der Waals surface area contributed by atoms with Gasteiger partial charge in [0.2, 0.25) is 0 Å². The van der Waals surface area contributed by atoms with Crippen LogP contribution in [0.1, 0.15) is 40.0 Å². The lowest BCUT2D eigenvalue weighted by Crippen LogP contribution is -2.27. The van der Waals surface area contributed by atoms with Crippen LogP contribution < -0.4 is 0 Å². The molecule has 13 heavy (non-hydrogen) atoms. The van der Waals surface area contributed by atoms with Gasteiger partial charge >= 0.3 is 0 Å². The van der Waals surface area contributed by atoms with Gasteiger partial charge in [0.05, 0.1) is 6.10 Å². The number of allylic oxidation sites excluding steroid dienone is 1. The lowest BCUT2D eigenvalue weighted by molar-refractivity contribution is 0.207. The van der Waals surface area contributed by atoms with Crippen LogP contribution in [0.2, 0.25) is 0 Å². The number of rotatable bonds is 2. The van der Waals surface area contributed by atoms with Gasteiger partial charge in [-0.15, -0.1) is 6.58 Å². The minimum atomic E-state index is -0.449. The van der Waals surface area contributed by atoms with Gasteiger partial charge in [-0.1, -0.05) is 25.5 Å². The summed E-state index contributed by atoms with van der Waals surface area (Å²) in [5, 5.41) is 9.81. The minimum absolute atomic E-state index is 0.149. The molecule has 1 aliphatic rings. The van der Waals surface area contributed by atoms with Crippen molar-refractivity contribution in [1.82, 2.24) is 0 Å². The molecule has 1 nitrogen and oxygen atoms in total. The molecule has 0 amide bonds. The molecule has 0 heterocycles. The molecule has 1 unspecified atom stereocenters. The first kappa shape index (κ1) is 10.5. The maximum atomic E-state index is 9.81. The highest BCUT2D eigenvalue weighted by Gasteiger charge is 2.31. The Morgan fingerprint density at radius 1 is 1.54 bits per heavy atom. The fraction of sp³-hybridized carbons (Fsp3) is 0.667. The van der Waals surface area contributed by atoms with Crippen molar-refractivity contribution < 1.29 is 5.11 Å². The number of aliphatic hydroxyl groups is 1. The molecule has 1 heteroatoms. The molecule has 0 fully saturated rings. The highest BCUT2D eigenvalue weighted by molar-refractivity contribution is 5.28. The van der Waals surface area contributed by atoms with Crippen LogP contribution in [0.25, 0.3) is 0 Å². The maximum Gasteiger partial charge on any atom is 0.0936 e. The molecule has 1 atom stereocenters. The van der Waals surface area contributed by atoms with E-state index in [0.717, 1.165) is 6.42 Å². The topological polar surface area (TPSA) is 20.2 Å². The SMILES string of the molecule is C=CC(O)C1=C(C)CCCC1(C)C. The van der Waals surface area contributed by atoms with Gasteiger partial charge in [0.1, 0.15) is 0 Å². The average Bonchev–Trinajstić information content (AvgIpc) is 2.02. The van der Waals surface area contributed by atoms with Crippen LogP contribution in [0.3, 0.4) is 0 Å². The highest BCUT2D eigenvalue weighted by atomic mass is 16.3. The normalized spacial score (nSPS) is 24.3. The monoisotopic (exact) mass is 180 g/mol. The zero-order chi connectivity index (χ0) is 10.1. The molecule has 0 bridgehead atoms. The largest absolute Gasteiger partial charge is 0.385 e. The number of hydrogen-bond acceptors (Lipinski definition) is 1. The molecule has 1 aliphatic carbocycles. The van der Waals surface area contributed by atoms with Crippen LogP contribution >= 0.6 is 0 Å². The van der Waals surface area contributed by atoms with Crippen molar-refractivity contribution in [3.63, 3.8) is 0 Å². The zero-order valence-electron chi connectivity index (χ0n) is 8.93. The lowest BCUT2D eigenvalue weighted by Gasteiger charge is -2.36. The van der Waals surface area contributed by atoms with Gasteiger partial charge in [0.25, 0.3) is 0 Å². The fourth-order valence-corrected chi connectivity index (χ4v) is 2.41. The Morgan fingerprint density at radius 2 is 2.15 bits per heavy atom. The summed E-state index contributed by atoms with van der Waals surface area (Å²) in [6.45, 7) is 10.2. The van der Waals surface area contributed by atoms with Crippen LogP contribution in [-0.2, 0) is 0 Å². The molecule has 0 saturated heterocycles. The molecular weight excluding hydrogens is 160 g/mol. The Kier molecular flexibility index (Phi) is 2.97. The van der Waals surface area contributed by atoms with E-state index in [9.17, 15) is 5.11 Å². The molecule has 74 valence electrons. The number of aliphatic hydroxyl groups excluding tert-OH is 1. The van der Waals surface area contributed by atoms with E-state index in [2.05, 4.69) is 27.4 Å². The quantitative estimate of drug-likeness (QED) is 0.647. The third-order valence-electron chi connectivity index (χ3n) is 3.06. The van der Waals surface area contributed by atoms with Crippen LogP contribution in [-0.4, -0.2) is 11.2 Å². The van der Waals surface area contributed by atoms with Gasteiger partial charge in [-0.25, -0.2) is 0 Å². The molecule has 0 radical (unpaired) electrons. The smallest absolute Gasteiger partial charge is 0.0936 e. The number of hydrogen-bond donors (Lipinski definition) is 1. The van der Waals surface area contributed by atoms with E-state index in [1.165, 1.54) is 24.0 Å². The van der Waals surface area contributed by atoms with Gasteiger partial charge in [0, 0.05) is 0 Å². The van der Waals surface area contributed by atoms with E-state index >= 15 is 0 Å². The Balaban J connectivity index is 3.04. The van der Waals surface area contributed by atoms with Gasteiger partial charge in [-0.2, -0.15) is 0 Å². The van der Waals surface area contributed by atoms with E-state index in [-0.39, 0.29) is 5.41 Å². The molecule has 0 aliphatic heterocycles. The highest BCUT2D eigenvalue weighted by Crippen LogP contribution is 2.41. The van der Waals surface area contributed by atoms with Crippen molar-refractivity contribution in [2.45, 2.75) is 46.1 Å². The summed E-state index contributed by atoms with van der Waals surface area (Å²) in [5.41, 5.74) is 2.69. The average molecular weight is 180 g/mol. The molecule has 1 rings (SSSR count). The fourth-order valence-electron chi connectivity index (χ4n) is 2.41. The Bertz CT molecular complexity index is 236. The second kappa shape index (κ2) is 3.67. The van der Waals surface area contributed by atoms with Crippen LogP contribution in [0, 0.1) is 5.41 Å². The molecule has 0 aromatic carbocycles. The molecule has 1 N–H and O–H groups in total. The van der Waals surface area contributed by atoms with Gasteiger partial charge < -0.3 is 5.11 Å². The molecule has 0 aromatic heterocycles. The van der Waals surface area contributed by atoms with E-state index < -0.39 is 6.10 Å². The molecule has 0 saturated carbocycles. The zero-order valence-corrected chi connectivity index (χ0v) is 8.93. The van der Waals surface area contributed by atoms with Crippen molar-refractivity contribution in [3.05, 3.63) is 23.8 Å². The first-order chi connectivity index (χ1) is 5.99. The van der Waals surface area contributed by atoms with Crippen LogP contribution in [0.5, 0.6) is 0 Å². The van der Waals surface area contributed by atoms with Crippen LogP contribution in [0.4, 0.5) is 0 Å².